The monoisotopic (exact) mass is 751 g/mol. The summed E-state index contributed by atoms with van der Waals surface area (Å²) in [6.45, 7) is 0. The fraction of sp³-hybridized carbons (Fsp3) is 0.0175. The number of benzene rings is 9. The minimum atomic E-state index is -0.559. The standard InChI is InChI=1S/C57H37NO/c1-3-16-38(17-4-1)39-30-34-42(35-31-39)58(52-28-13-9-20-44(52)40-18-5-2-6-19-40)43-36-32-41(33-37-43)45-24-15-27-51-54(45)55-48-23-10-14-29-53(48)59-56(55)57(51)49-25-11-7-21-46(49)47-22-8-12-26-50(47)57/h1-37H. The summed E-state index contributed by atoms with van der Waals surface area (Å²) in [5.74, 6) is 1.01. The van der Waals surface area contributed by atoms with Crippen LogP contribution in [0.3, 0.4) is 0 Å². The van der Waals surface area contributed by atoms with Crippen molar-refractivity contribution in [1.29, 1.82) is 0 Å². The van der Waals surface area contributed by atoms with Crippen molar-refractivity contribution in [2.24, 2.45) is 0 Å². The van der Waals surface area contributed by atoms with Crippen LogP contribution < -0.4 is 4.90 Å². The molecule has 2 aliphatic rings. The van der Waals surface area contributed by atoms with Gasteiger partial charge in [-0.25, -0.2) is 0 Å². The van der Waals surface area contributed by atoms with Crippen molar-refractivity contribution in [3.63, 3.8) is 0 Å². The third-order valence-corrected chi connectivity index (χ3v) is 12.5. The molecule has 59 heavy (non-hydrogen) atoms. The molecule has 276 valence electrons. The van der Waals surface area contributed by atoms with Crippen LogP contribution in [0.15, 0.2) is 229 Å². The largest absolute Gasteiger partial charge is 0.459 e. The predicted octanol–water partition coefficient (Wildman–Crippen LogP) is 15.2. The summed E-state index contributed by atoms with van der Waals surface area (Å²) in [4.78, 5) is 2.39. The van der Waals surface area contributed by atoms with E-state index in [1.54, 1.807) is 0 Å². The van der Waals surface area contributed by atoms with Gasteiger partial charge in [0.15, 0.2) is 0 Å². The Morgan fingerprint density at radius 3 is 1.47 bits per heavy atom. The van der Waals surface area contributed by atoms with Crippen LogP contribution in [0.5, 0.6) is 0 Å². The topological polar surface area (TPSA) is 16.4 Å². The third-order valence-electron chi connectivity index (χ3n) is 12.5. The lowest BCUT2D eigenvalue weighted by Crippen LogP contribution is -2.25. The second-order valence-corrected chi connectivity index (χ2v) is 15.6. The number of fused-ring (bicyclic) bond motifs is 12. The van der Waals surface area contributed by atoms with Gasteiger partial charge in [0.1, 0.15) is 16.8 Å². The smallest absolute Gasteiger partial charge is 0.135 e. The van der Waals surface area contributed by atoms with E-state index in [4.69, 9.17) is 4.42 Å². The molecule has 0 N–H and O–H groups in total. The molecule has 2 aliphatic carbocycles. The molecule has 2 nitrogen and oxygen atoms in total. The Bertz CT molecular complexity index is 3150. The van der Waals surface area contributed by atoms with Gasteiger partial charge in [-0.1, -0.05) is 188 Å². The maximum absolute atomic E-state index is 7.06. The van der Waals surface area contributed by atoms with Crippen molar-refractivity contribution in [2.45, 2.75) is 5.41 Å². The molecule has 0 amide bonds. The quantitative estimate of drug-likeness (QED) is 0.168. The van der Waals surface area contributed by atoms with Gasteiger partial charge in [0.05, 0.1) is 5.69 Å². The van der Waals surface area contributed by atoms with Gasteiger partial charge < -0.3 is 9.32 Å². The third kappa shape index (κ3) is 4.93. The summed E-state index contributed by atoms with van der Waals surface area (Å²) in [5, 5.41) is 1.15. The van der Waals surface area contributed by atoms with E-state index in [0.717, 1.165) is 39.4 Å². The number of nitrogens with zero attached hydrogens (tertiary/aromatic N) is 1. The maximum Gasteiger partial charge on any atom is 0.135 e. The van der Waals surface area contributed by atoms with Gasteiger partial charge in [-0.05, 0) is 97.6 Å². The average molecular weight is 752 g/mol. The van der Waals surface area contributed by atoms with Gasteiger partial charge in [0, 0.05) is 27.9 Å². The van der Waals surface area contributed by atoms with Gasteiger partial charge in [-0.2, -0.15) is 0 Å². The van der Waals surface area contributed by atoms with Crippen molar-refractivity contribution < 1.29 is 4.42 Å². The van der Waals surface area contributed by atoms with E-state index in [2.05, 4.69) is 229 Å². The lowest BCUT2D eigenvalue weighted by atomic mass is 9.73. The van der Waals surface area contributed by atoms with Gasteiger partial charge in [0.25, 0.3) is 0 Å². The fourth-order valence-electron chi connectivity index (χ4n) is 10.0. The van der Waals surface area contributed by atoms with E-state index >= 15 is 0 Å². The van der Waals surface area contributed by atoms with E-state index in [1.165, 1.54) is 66.8 Å². The van der Waals surface area contributed by atoms with Crippen LogP contribution in [0.2, 0.25) is 0 Å². The molecule has 0 atom stereocenters. The highest BCUT2D eigenvalue weighted by Crippen LogP contribution is 2.65. The van der Waals surface area contributed by atoms with Crippen LogP contribution in [-0.2, 0) is 5.41 Å². The van der Waals surface area contributed by atoms with E-state index in [-0.39, 0.29) is 0 Å². The van der Waals surface area contributed by atoms with E-state index < -0.39 is 5.41 Å². The van der Waals surface area contributed by atoms with Crippen molar-refractivity contribution >= 4 is 28.0 Å². The molecule has 2 heteroatoms. The van der Waals surface area contributed by atoms with E-state index in [1.807, 2.05) is 0 Å². The van der Waals surface area contributed by atoms with Crippen molar-refractivity contribution in [2.75, 3.05) is 4.90 Å². The zero-order valence-corrected chi connectivity index (χ0v) is 32.2. The summed E-state index contributed by atoms with van der Waals surface area (Å²) in [7, 11) is 0. The summed E-state index contributed by atoms with van der Waals surface area (Å²) in [6.07, 6.45) is 0. The number of hydrogen-bond donors (Lipinski definition) is 0. The maximum atomic E-state index is 7.06. The van der Waals surface area contributed by atoms with Crippen LogP contribution in [0.25, 0.3) is 66.6 Å². The molecule has 1 spiro atoms. The van der Waals surface area contributed by atoms with Gasteiger partial charge in [0.2, 0.25) is 0 Å². The van der Waals surface area contributed by atoms with E-state index in [0.29, 0.717) is 0 Å². The molecule has 0 saturated heterocycles. The Hall–Kier alpha value is -7.68. The van der Waals surface area contributed by atoms with Crippen molar-refractivity contribution in [3.05, 3.63) is 247 Å². The second-order valence-electron chi connectivity index (χ2n) is 15.6. The molecule has 1 aromatic heterocycles. The minimum Gasteiger partial charge on any atom is -0.459 e. The summed E-state index contributed by atoms with van der Waals surface area (Å²) < 4.78 is 7.06. The first-order valence-electron chi connectivity index (χ1n) is 20.3. The number of para-hydroxylation sites is 2. The Morgan fingerprint density at radius 1 is 0.322 bits per heavy atom. The Balaban J connectivity index is 1.04. The number of rotatable bonds is 6. The molecule has 12 rings (SSSR count). The summed E-state index contributed by atoms with van der Waals surface area (Å²) in [5.41, 5.74) is 19.6. The lowest BCUT2D eigenvalue weighted by molar-refractivity contribution is 0.507. The van der Waals surface area contributed by atoms with Crippen LogP contribution in [-0.4, -0.2) is 0 Å². The molecule has 1 heterocycles. The molecule has 0 saturated carbocycles. The minimum absolute atomic E-state index is 0.559. The zero-order valence-electron chi connectivity index (χ0n) is 32.2. The molecule has 10 aromatic rings. The molecule has 0 radical (unpaired) electrons. The van der Waals surface area contributed by atoms with Crippen LogP contribution in [0, 0.1) is 0 Å². The zero-order chi connectivity index (χ0) is 38.9. The average Bonchev–Trinajstić information content (AvgIpc) is 3.94. The lowest BCUT2D eigenvalue weighted by Gasteiger charge is -2.29. The first-order valence-corrected chi connectivity index (χ1v) is 20.3. The molecule has 0 unspecified atom stereocenters. The first kappa shape index (κ1) is 33.5. The predicted molar refractivity (Wildman–Crippen MR) is 244 cm³/mol. The Labute approximate surface area is 343 Å². The van der Waals surface area contributed by atoms with Gasteiger partial charge >= 0.3 is 0 Å². The Kier molecular flexibility index (Phi) is 7.48. The second kappa shape index (κ2) is 13.2. The fourth-order valence-corrected chi connectivity index (χ4v) is 10.0. The number of furan rings is 1. The molecule has 0 fully saturated rings. The molecule has 0 bridgehead atoms. The normalized spacial score (nSPS) is 12.9. The first-order chi connectivity index (χ1) is 29.3. The molecule has 9 aromatic carbocycles. The van der Waals surface area contributed by atoms with Crippen molar-refractivity contribution in [3.8, 4) is 55.6 Å². The number of anilines is 3. The highest BCUT2D eigenvalue weighted by molar-refractivity contribution is 6.08. The van der Waals surface area contributed by atoms with Crippen LogP contribution in [0.4, 0.5) is 17.1 Å². The van der Waals surface area contributed by atoms with E-state index in [9.17, 15) is 0 Å². The Morgan fingerprint density at radius 2 is 0.797 bits per heavy atom. The molecular formula is C57H37NO. The van der Waals surface area contributed by atoms with Crippen LogP contribution in [0.1, 0.15) is 22.5 Å². The van der Waals surface area contributed by atoms with Gasteiger partial charge in [-0.15, -0.1) is 0 Å². The number of hydrogen-bond acceptors (Lipinski definition) is 2. The molecular weight excluding hydrogens is 715 g/mol. The molecule has 0 aliphatic heterocycles. The summed E-state index contributed by atoms with van der Waals surface area (Å²) in [6, 6.07) is 81.2. The SMILES string of the molecule is c1ccc(-c2ccc(N(c3ccc(-c4cccc5c4-c4c(oc6ccccc46)C54c5ccccc5-c5ccccc54)cc3)c3ccccc3-c3ccccc3)cc2)cc1. The van der Waals surface area contributed by atoms with Crippen molar-refractivity contribution in [1.82, 2.24) is 0 Å². The highest BCUT2D eigenvalue weighted by atomic mass is 16.3. The van der Waals surface area contributed by atoms with Crippen LogP contribution >= 0.6 is 0 Å². The van der Waals surface area contributed by atoms with Gasteiger partial charge in [-0.3, -0.25) is 0 Å². The highest BCUT2D eigenvalue weighted by Gasteiger charge is 2.55. The summed E-state index contributed by atoms with van der Waals surface area (Å²) >= 11 is 0.